The number of aryl methyl sites for hydroxylation is 2. The number of rotatable bonds is 16. The smallest absolute Gasteiger partial charge is 0.382 e. The van der Waals surface area contributed by atoms with Crippen LogP contribution >= 0.6 is 0 Å². The molecule has 40 heavy (non-hydrogen) atoms. The molecule has 0 heterocycles. The summed E-state index contributed by atoms with van der Waals surface area (Å²) in [6.07, 6.45) is 4.59. The number of benzene rings is 3. The molecule has 0 amide bonds. The number of unbranched alkanes of at least 4 members (excludes halogenated alkanes) is 1. The Balaban J connectivity index is 1.78. The van der Waals surface area contributed by atoms with Gasteiger partial charge in [-0.05, 0) is 77.3 Å². The minimum absolute atomic E-state index is 0.203. The number of hydrogen-bond acceptors (Lipinski definition) is 6. The van der Waals surface area contributed by atoms with E-state index in [1.54, 1.807) is 13.2 Å². The van der Waals surface area contributed by atoms with Crippen LogP contribution in [0.4, 0.5) is 13.2 Å². The molecule has 218 valence electrons. The number of halogens is 3. The highest BCUT2D eigenvalue weighted by Crippen LogP contribution is 2.35. The molecular formula is C30H35F3O6S. The van der Waals surface area contributed by atoms with Gasteiger partial charge in [-0.15, -0.1) is 0 Å². The molecule has 0 saturated carbocycles. The maximum atomic E-state index is 13.0. The van der Waals surface area contributed by atoms with Crippen molar-refractivity contribution in [3.63, 3.8) is 0 Å². The third kappa shape index (κ3) is 9.62. The van der Waals surface area contributed by atoms with Crippen molar-refractivity contribution in [3.05, 3.63) is 77.9 Å². The molecule has 3 rings (SSSR count). The van der Waals surface area contributed by atoms with E-state index in [1.165, 1.54) is 12.1 Å². The Kier molecular flexibility index (Phi) is 12.0. The first-order chi connectivity index (χ1) is 19.1. The number of ether oxygens (including phenoxy) is 3. The summed E-state index contributed by atoms with van der Waals surface area (Å²) in [5.41, 5.74) is -0.809. The van der Waals surface area contributed by atoms with Crippen molar-refractivity contribution in [2.45, 2.75) is 44.5 Å². The van der Waals surface area contributed by atoms with Crippen LogP contribution in [-0.4, -0.2) is 47.6 Å². The van der Waals surface area contributed by atoms with Gasteiger partial charge in [-0.25, -0.2) is 0 Å². The molecule has 0 aliphatic heterocycles. The fraction of sp³-hybridized carbons (Fsp3) is 0.400. The van der Waals surface area contributed by atoms with Gasteiger partial charge in [0.1, 0.15) is 12.5 Å². The summed E-state index contributed by atoms with van der Waals surface area (Å²) in [6, 6.07) is 19.6. The van der Waals surface area contributed by atoms with Crippen LogP contribution in [0.1, 0.15) is 37.3 Å². The zero-order valence-electron chi connectivity index (χ0n) is 22.7. The zero-order chi connectivity index (χ0) is 29.0. The molecule has 0 bridgehead atoms. The Morgan fingerprint density at radius 1 is 0.700 bits per heavy atom. The molecule has 0 aliphatic rings. The molecule has 0 aromatic heterocycles. The monoisotopic (exact) mass is 580 g/mol. The van der Waals surface area contributed by atoms with Crippen molar-refractivity contribution in [2.75, 3.05) is 33.7 Å². The summed E-state index contributed by atoms with van der Waals surface area (Å²) in [7, 11) is -4.22. The highest BCUT2D eigenvalue weighted by molar-refractivity contribution is 7.88. The molecular weight excluding hydrogens is 545 g/mol. The van der Waals surface area contributed by atoms with E-state index in [2.05, 4.69) is 11.1 Å². The standard InChI is InChI=1S/C30H35F3O6S/c1-3-4-6-23-8-12-25(13-9-23)27-19-28(21-29(20-27)39-40(34,35)30(31,32)33)26-14-10-24(11-15-26)7-5-16-37-22-38-18-17-36-2/h8-15,19-21H,3-7,16-18,22H2,1-2H3. The summed E-state index contributed by atoms with van der Waals surface area (Å²) in [4.78, 5) is 0. The first-order valence-electron chi connectivity index (χ1n) is 13.1. The highest BCUT2D eigenvalue weighted by Gasteiger charge is 2.48. The third-order valence-electron chi connectivity index (χ3n) is 6.14. The maximum absolute atomic E-state index is 13.0. The van der Waals surface area contributed by atoms with Crippen LogP contribution in [0.2, 0.25) is 0 Å². The molecule has 0 aliphatic carbocycles. The van der Waals surface area contributed by atoms with Crippen LogP contribution in [0.15, 0.2) is 66.7 Å². The summed E-state index contributed by atoms with van der Waals surface area (Å²) in [5.74, 6) is -0.408. The summed E-state index contributed by atoms with van der Waals surface area (Å²) >= 11 is 0. The summed E-state index contributed by atoms with van der Waals surface area (Å²) in [5, 5.41) is 0. The van der Waals surface area contributed by atoms with E-state index in [1.807, 2.05) is 48.5 Å². The van der Waals surface area contributed by atoms with E-state index in [0.717, 1.165) is 48.8 Å². The minimum Gasteiger partial charge on any atom is -0.382 e. The second kappa shape index (κ2) is 15.2. The van der Waals surface area contributed by atoms with Gasteiger partial charge in [0.2, 0.25) is 0 Å². The lowest BCUT2D eigenvalue weighted by atomic mass is 9.96. The Hall–Kier alpha value is -2.92. The van der Waals surface area contributed by atoms with Crippen LogP contribution in [-0.2, 0) is 37.2 Å². The van der Waals surface area contributed by atoms with Crippen LogP contribution in [0.5, 0.6) is 5.75 Å². The van der Waals surface area contributed by atoms with Gasteiger partial charge in [0.15, 0.2) is 0 Å². The zero-order valence-corrected chi connectivity index (χ0v) is 23.5. The molecule has 0 unspecified atom stereocenters. The van der Waals surface area contributed by atoms with Gasteiger partial charge < -0.3 is 18.4 Å². The fourth-order valence-electron chi connectivity index (χ4n) is 3.96. The van der Waals surface area contributed by atoms with Gasteiger partial charge >= 0.3 is 15.6 Å². The quantitative estimate of drug-likeness (QED) is 0.0775. The van der Waals surface area contributed by atoms with Crippen molar-refractivity contribution in [1.82, 2.24) is 0 Å². The van der Waals surface area contributed by atoms with E-state index in [0.29, 0.717) is 36.5 Å². The van der Waals surface area contributed by atoms with Gasteiger partial charge in [0, 0.05) is 13.7 Å². The molecule has 0 N–H and O–H groups in total. The molecule has 3 aromatic rings. The molecule has 10 heteroatoms. The van der Waals surface area contributed by atoms with Crippen molar-refractivity contribution < 1.29 is 40.0 Å². The van der Waals surface area contributed by atoms with Crippen molar-refractivity contribution >= 4 is 10.1 Å². The number of hydrogen-bond donors (Lipinski definition) is 0. The average molecular weight is 581 g/mol. The van der Waals surface area contributed by atoms with Crippen molar-refractivity contribution in [1.29, 1.82) is 0 Å². The second-order valence-corrected chi connectivity index (χ2v) is 10.8. The van der Waals surface area contributed by atoms with Crippen LogP contribution in [0, 0.1) is 0 Å². The first-order valence-corrected chi connectivity index (χ1v) is 14.5. The van der Waals surface area contributed by atoms with E-state index >= 15 is 0 Å². The maximum Gasteiger partial charge on any atom is 0.534 e. The lowest BCUT2D eigenvalue weighted by Crippen LogP contribution is -2.28. The lowest BCUT2D eigenvalue weighted by Gasteiger charge is -2.14. The van der Waals surface area contributed by atoms with E-state index in [-0.39, 0.29) is 6.79 Å². The average Bonchev–Trinajstić information content (AvgIpc) is 2.93. The first kappa shape index (κ1) is 31.6. The van der Waals surface area contributed by atoms with E-state index in [4.69, 9.17) is 14.2 Å². The van der Waals surface area contributed by atoms with Gasteiger partial charge in [-0.1, -0.05) is 61.9 Å². The molecule has 6 nitrogen and oxygen atoms in total. The Morgan fingerprint density at radius 3 is 1.73 bits per heavy atom. The van der Waals surface area contributed by atoms with Crippen LogP contribution < -0.4 is 4.18 Å². The molecule has 0 fully saturated rings. The van der Waals surface area contributed by atoms with Gasteiger partial charge in [0.25, 0.3) is 0 Å². The SMILES string of the molecule is CCCCc1ccc(-c2cc(OS(=O)(=O)C(F)(F)F)cc(-c3ccc(CCCOCOCCOC)cc3)c2)cc1. The summed E-state index contributed by atoms with van der Waals surface area (Å²) in [6.45, 7) is 3.82. The molecule has 0 atom stereocenters. The normalized spacial score (nSPS) is 12.0. The predicted molar refractivity (Wildman–Crippen MR) is 148 cm³/mol. The number of methoxy groups -OCH3 is 1. The Bertz CT molecular complexity index is 1290. The second-order valence-electron chi connectivity index (χ2n) is 9.26. The van der Waals surface area contributed by atoms with Crippen molar-refractivity contribution in [2.24, 2.45) is 0 Å². The van der Waals surface area contributed by atoms with E-state index < -0.39 is 21.4 Å². The molecule has 0 saturated heterocycles. The topological polar surface area (TPSA) is 71.1 Å². The fourth-order valence-corrected chi connectivity index (χ4v) is 4.40. The highest BCUT2D eigenvalue weighted by atomic mass is 32.2. The van der Waals surface area contributed by atoms with Crippen LogP contribution in [0.3, 0.4) is 0 Å². The molecule has 0 radical (unpaired) electrons. The minimum atomic E-state index is -5.82. The predicted octanol–water partition coefficient (Wildman–Crippen LogP) is 7.16. The lowest BCUT2D eigenvalue weighted by molar-refractivity contribution is -0.0660. The van der Waals surface area contributed by atoms with Gasteiger partial charge in [0.05, 0.1) is 13.2 Å². The Morgan fingerprint density at radius 2 is 1.23 bits per heavy atom. The van der Waals surface area contributed by atoms with Gasteiger partial charge in [-0.2, -0.15) is 21.6 Å². The van der Waals surface area contributed by atoms with Gasteiger partial charge in [-0.3, -0.25) is 0 Å². The summed E-state index contributed by atoms with van der Waals surface area (Å²) < 4.78 is 82.7. The molecule has 3 aromatic carbocycles. The van der Waals surface area contributed by atoms with Crippen molar-refractivity contribution in [3.8, 4) is 28.0 Å². The van der Waals surface area contributed by atoms with Crippen LogP contribution in [0.25, 0.3) is 22.3 Å². The third-order valence-corrected chi connectivity index (χ3v) is 7.12. The van der Waals surface area contributed by atoms with E-state index in [9.17, 15) is 21.6 Å². The Labute approximate surface area is 234 Å². The number of alkyl halides is 3. The molecule has 0 spiro atoms. The largest absolute Gasteiger partial charge is 0.534 e.